The third-order valence-corrected chi connectivity index (χ3v) is 4.42. The van der Waals surface area contributed by atoms with Gasteiger partial charge in [0.15, 0.2) is 0 Å². The minimum atomic E-state index is -0.591. The number of hydrogen-bond acceptors (Lipinski definition) is 6. The van der Waals surface area contributed by atoms with E-state index in [0.717, 1.165) is 16.9 Å². The summed E-state index contributed by atoms with van der Waals surface area (Å²) in [5.74, 6) is 0. The number of nitrogens with one attached hydrogen (secondary N) is 2. The van der Waals surface area contributed by atoms with Crippen molar-refractivity contribution in [3.05, 3.63) is 44.7 Å². The van der Waals surface area contributed by atoms with Crippen molar-refractivity contribution in [1.29, 1.82) is 0 Å². The third kappa shape index (κ3) is 4.72. The lowest BCUT2D eigenvalue weighted by Crippen LogP contribution is -2.30. The lowest BCUT2D eigenvalue weighted by molar-refractivity contribution is -0.384. The van der Waals surface area contributed by atoms with Gasteiger partial charge in [-0.2, -0.15) is 0 Å². The van der Waals surface area contributed by atoms with Gasteiger partial charge < -0.3 is 10.6 Å². The van der Waals surface area contributed by atoms with Gasteiger partial charge >= 0.3 is 11.7 Å². The first-order valence-corrected chi connectivity index (χ1v) is 8.23. The quantitative estimate of drug-likeness (QED) is 0.636. The van der Waals surface area contributed by atoms with Crippen molar-refractivity contribution < 1.29 is 9.72 Å². The Morgan fingerprint density at radius 1 is 1.42 bits per heavy atom. The number of carbonyl (C=O) groups excluding carboxylic acids is 1. The number of carbonyl (C=O) groups is 1. The Morgan fingerprint density at radius 3 is 2.79 bits per heavy atom. The predicted molar refractivity (Wildman–Crippen MR) is 92.4 cm³/mol. The normalized spacial score (nSPS) is 11.1. The summed E-state index contributed by atoms with van der Waals surface area (Å²) in [6, 6.07) is 0.879. The van der Waals surface area contributed by atoms with Gasteiger partial charge in [-0.1, -0.05) is 20.8 Å². The fourth-order valence-electron chi connectivity index (χ4n) is 1.87. The van der Waals surface area contributed by atoms with Crippen molar-refractivity contribution in [2.45, 2.75) is 32.6 Å². The maximum Gasteiger partial charge on any atom is 0.319 e. The van der Waals surface area contributed by atoms with Crippen LogP contribution in [0.3, 0.4) is 0 Å². The highest BCUT2D eigenvalue weighted by atomic mass is 32.1. The van der Waals surface area contributed by atoms with Crippen LogP contribution in [0.5, 0.6) is 0 Å². The van der Waals surface area contributed by atoms with E-state index in [0.29, 0.717) is 13.0 Å². The molecule has 2 amide bonds. The minimum absolute atomic E-state index is 0.00794. The van der Waals surface area contributed by atoms with Gasteiger partial charge in [0.1, 0.15) is 11.9 Å². The number of anilines is 1. The van der Waals surface area contributed by atoms with Crippen LogP contribution < -0.4 is 10.6 Å². The second kappa shape index (κ2) is 7.35. The van der Waals surface area contributed by atoms with Crippen LogP contribution in [-0.2, 0) is 11.8 Å². The van der Waals surface area contributed by atoms with Gasteiger partial charge in [0, 0.05) is 30.0 Å². The zero-order valence-corrected chi connectivity index (χ0v) is 14.5. The molecule has 128 valence electrons. The molecule has 2 aromatic rings. The Labute approximate surface area is 143 Å². The molecule has 0 atom stereocenters. The topological polar surface area (TPSA) is 110 Å². The predicted octanol–water partition coefficient (Wildman–Crippen LogP) is 3.11. The summed E-state index contributed by atoms with van der Waals surface area (Å²) >= 11 is 1.60. The fourth-order valence-corrected chi connectivity index (χ4v) is 2.82. The minimum Gasteiger partial charge on any atom is -0.337 e. The Bertz CT molecular complexity index is 739. The van der Waals surface area contributed by atoms with Crippen LogP contribution in [-0.4, -0.2) is 27.5 Å². The molecule has 0 aliphatic rings. The molecule has 0 saturated heterocycles. The molecule has 0 saturated carbocycles. The molecular formula is C15H19N5O3S. The summed E-state index contributed by atoms with van der Waals surface area (Å²) in [6.45, 7) is 6.69. The van der Waals surface area contributed by atoms with Crippen molar-refractivity contribution in [2.24, 2.45) is 0 Å². The van der Waals surface area contributed by atoms with E-state index in [-0.39, 0.29) is 16.8 Å². The molecule has 2 N–H and O–H groups in total. The molecule has 2 rings (SSSR count). The van der Waals surface area contributed by atoms with Gasteiger partial charge in [-0.15, -0.1) is 11.3 Å². The summed E-state index contributed by atoms with van der Waals surface area (Å²) in [4.78, 5) is 30.4. The Morgan fingerprint density at radius 2 is 2.17 bits per heavy atom. The van der Waals surface area contributed by atoms with E-state index in [1.165, 1.54) is 12.3 Å². The lowest BCUT2D eigenvalue weighted by Gasteiger charge is -2.13. The van der Waals surface area contributed by atoms with E-state index in [4.69, 9.17) is 0 Å². The van der Waals surface area contributed by atoms with Crippen molar-refractivity contribution in [1.82, 2.24) is 15.3 Å². The Kier molecular flexibility index (Phi) is 5.45. The highest BCUT2D eigenvalue weighted by molar-refractivity contribution is 7.09. The van der Waals surface area contributed by atoms with E-state index >= 15 is 0 Å². The summed E-state index contributed by atoms with van der Waals surface area (Å²) in [6.07, 6.45) is 3.07. The van der Waals surface area contributed by atoms with Crippen LogP contribution in [0.1, 0.15) is 31.5 Å². The molecular weight excluding hydrogens is 330 g/mol. The number of pyridine rings is 1. The molecule has 24 heavy (non-hydrogen) atoms. The number of hydrogen-bond donors (Lipinski definition) is 2. The number of nitrogens with zero attached hydrogens (tertiary/aromatic N) is 3. The third-order valence-electron chi connectivity index (χ3n) is 3.10. The van der Waals surface area contributed by atoms with Crippen LogP contribution in [0.25, 0.3) is 0 Å². The van der Waals surface area contributed by atoms with E-state index in [1.807, 2.05) is 5.38 Å². The number of aromatic nitrogens is 2. The van der Waals surface area contributed by atoms with Crippen molar-refractivity contribution in [3.8, 4) is 0 Å². The van der Waals surface area contributed by atoms with E-state index in [2.05, 4.69) is 41.4 Å². The highest BCUT2D eigenvalue weighted by Crippen LogP contribution is 2.25. The van der Waals surface area contributed by atoms with Crippen LogP contribution >= 0.6 is 11.3 Å². The lowest BCUT2D eigenvalue weighted by atomic mass is 9.98. The Hall–Kier alpha value is -2.55. The van der Waals surface area contributed by atoms with E-state index < -0.39 is 11.0 Å². The van der Waals surface area contributed by atoms with Gasteiger partial charge in [0.25, 0.3) is 0 Å². The number of nitro groups is 1. The smallest absolute Gasteiger partial charge is 0.319 e. The molecule has 0 radical (unpaired) electrons. The SMILES string of the molecule is CC(C)(C)c1nc(CCNC(=O)Nc2ccncc2[N+](=O)[O-])cs1. The molecule has 0 spiro atoms. The van der Waals surface area contributed by atoms with Gasteiger partial charge in [0.2, 0.25) is 0 Å². The highest BCUT2D eigenvalue weighted by Gasteiger charge is 2.18. The average Bonchev–Trinajstić information content (AvgIpc) is 2.96. The zero-order chi connectivity index (χ0) is 17.7. The number of thiazole rings is 1. The number of urea groups is 1. The molecule has 9 heteroatoms. The molecule has 2 heterocycles. The van der Waals surface area contributed by atoms with Gasteiger partial charge in [-0.25, -0.2) is 9.78 Å². The first-order chi connectivity index (χ1) is 11.3. The van der Waals surface area contributed by atoms with E-state index in [9.17, 15) is 14.9 Å². The molecule has 0 bridgehead atoms. The molecule has 2 aromatic heterocycles. The maximum atomic E-state index is 11.9. The fraction of sp³-hybridized carbons (Fsp3) is 0.400. The molecule has 8 nitrogen and oxygen atoms in total. The maximum absolute atomic E-state index is 11.9. The Balaban J connectivity index is 1.86. The van der Waals surface area contributed by atoms with Crippen LogP contribution in [0.4, 0.5) is 16.2 Å². The zero-order valence-electron chi connectivity index (χ0n) is 13.7. The van der Waals surface area contributed by atoms with Crippen LogP contribution in [0, 0.1) is 10.1 Å². The van der Waals surface area contributed by atoms with Gasteiger partial charge in [0.05, 0.1) is 15.6 Å². The number of rotatable bonds is 5. The molecule has 0 aliphatic heterocycles. The molecule has 0 fully saturated rings. The average molecular weight is 349 g/mol. The molecule has 0 unspecified atom stereocenters. The molecule has 0 aromatic carbocycles. The largest absolute Gasteiger partial charge is 0.337 e. The summed E-state index contributed by atoms with van der Waals surface area (Å²) in [5, 5.41) is 19.0. The van der Waals surface area contributed by atoms with Crippen molar-refractivity contribution in [2.75, 3.05) is 11.9 Å². The first kappa shape index (κ1) is 17.8. The first-order valence-electron chi connectivity index (χ1n) is 7.35. The van der Waals surface area contributed by atoms with Crippen molar-refractivity contribution in [3.63, 3.8) is 0 Å². The summed E-state index contributed by atoms with van der Waals surface area (Å²) in [5.41, 5.74) is 0.784. The number of amides is 2. The standard InChI is InChI=1S/C15H19N5O3S/c1-15(2,3)13-18-10(9-24-13)4-7-17-14(21)19-11-5-6-16-8-12(11)20(22)23/h5-6,8-9H,4,7H2,1-3H3,(H2,16,17,19,21). The summed E-state index contributed by atoms with van der Waals surface area (Å²) < 4.78 is 0. The van der Waals surface area contributed by atoms with Gasteiger partial charge in [-0.3, -0.25) is 15.1 Å². The second-order valence-corrected chi connectivity index (χ2v) is 7.03. The molecule has 0 aliphatic carbocycles. The van der Waals surface area contributed by atoms with Gasteiger partial charge in [-0.05, 0) is 6.07 Å². The second-order valence-electron chi connectivity index (χ2n) is 6.17. The van der Waals surface area contributed by atoms with E-state index in [1.54, 1.807) is 11.3 Å². The van der Waals surface area contributed by atoms with Crippen molar-refractivity contribution >= 4 is 28.7 Å². The van der Waals surface area contributed by atoms with Crippen LogP contribution in [0.15, 0.2) is 23.8 Å². The monoisotopic (exact) mass is 349 g/mol. The summed E-state index contributed by atoms with van der Waals surface area (Å²) in [7, 11) is 0. The van der Waals surface area contributed by atoms with Crippen LogP contribution in [0.2, 0.25) is 0 Å².